The highest BCUT2D eigenvalue weighted by Crippen LogP contribution is 2.67. The van der Waals surface area contributed by atoms with E-state index in [4.69, 9.17) is 5.84 Å². The molecule has 4 heteroatoms. The standard InChI is InChI=1S/C20H34N2O2/c1-12-10-14-15-4-5-17(22-21)18(15,2)8-7-16(14)19(3)9-6-13(23)11-20(12,19)24/h12-16,23-24H,4-11,21H2,1-3H3/b22-17+/t12?,13-,14-,15-,16-,18-,19+,20?/m0/s1. The van der Waals surface area contributed by atoms with Crippen LogP contribution in [-0.2, 0) is 0 Å². The maximum absolute atomic E-state index is 11.6. The number of rotatable bonds is 0. The monoisotopic (exact) mass is 334 g/mol. The lowest BCUT2D eigenvalue weighted by molar-refractivity contribution is -0.240. The van der Waals surface area contributed by atoms with Crippen LogP contribution in [-0.4, -0.2) is 27.6 Å². The Morgan fingerprint density at radius 1 is 1.12 bits per heavy atom. The van der Waals surface area contributed by atoms with Gasteiger partial charge in [-0.15, -0.1) is 0 Å². The second kappa shape index (κ2) is 5.20. The molecule has 24 heavy (non-hydrogen) atoms. The number of nitrogens with zero attached hydrogens (tertiary/aromatic N) is 1. The van der Waals surface area contributed by atoms with Crippen LogP contribution in [0.3, 0.4) is 0 Å². The van der Waals surface area contributed by atoms with Crippen LogP contribution in [0.1, 0.15) is 72.1 Å². The van der Waals surface area contributed by atoms with E-state index in [0.717, 1.165) is 38.5 Å². The summed E-state index contributed by atoms with van der Waals surface area (Å²) in [5.41, 5.74) is 0.639. The summed E-state index contributed by atoms with van der Waals surface area (Å²) in [6.45, 7) is 6.91. The van der Waals surface area contributed by atoms with Crippen molar-refractivity contribution in [3.05, 3.63) is 0 Å². The third-order valence-corrected chi connectivity index (χ3v) is 9.13. The molecule has 0 amide bonds. The fourth-order valence-electron chi connectivity index (χ4n) is 7.66. The molecule has 4 rings (SSSR count). The SMILES string of the molecule is CC1C[C@H]2[C@@H]3CC/C(=N\N)[C@@]3(C)CC[C@@H]2[C@@]2(C)CC[C@H](O)CC12O. The van der Waals surface area contributed by atoms with Crippen LogP contribution < -0.4 is 5.84 Å². The van der Waals surface area contributed by atoms with E-state index in [0.29, 0.717) is 24.2 Å². The molecule has 136 valence electrons. The lowest BCUT2D eigenvalue weighted by Gasteiger charge is -2.65. The summed E-state index contributed by atoms with van der Waals surface area (Å²) < 4.78 is 0. The van der Waals surface area contributed by atoms with E-state index in [9.17, 15) is 10.2 Å². The van der Waals surface area contributed by atoms with Crippen LogP contribution >= 0.6 is 0 Å². The Balaban J connectivity index is 1.72. The van der Waals surface area contributed by atoms with Crippen molar-refractivity contribution in [1.29, 1.82) is 0 Å². The largest absolute Gasteiger partial charge is 0.393 e. The topological polar surface area (TPSA) is 78.8 Å². The van der Waals surface area contributed by atoms with Gasteiger partial charge in [0.1, 0.15) is 0 Å². The van der Waals surface area contributed by atoms with Gasteiger partial charge in [0.2, 0.25) is 0 Å². The van der Waals surface area contributed by atoms with Crippen molar-refractivity contribution in [2.24, 2.45) is 45.4 Å². The summed E-state index contributed by atoms with van der Waals surface area (Å²) >= 11 is 0. The van der Waals surface area contributed by atoms with Gasteiger partial charge in [0.15, 0.2) is 0 Å². The average molecular weight is 335 g/mol. The van der Waals surface area contributed by atoms with Gasteiger partial charge >= 0.3 is 0 Å². The fourth-order valence-corrected chi connectivity index (χ4v) is 7.66. The van der Waals surface area contributed by atoms with Crippen LogP contribution in [0.25, 0.3) is 0 Å². The van der Waals surface area contributed by atoms with E-state index in [1.54, 1.807) is 0 Å². The average Bonchev–Trinajstić information content (AvgIpc) is 2.87. The molecule has 0 aromatic carbocycles. The van der Waals surface area contributed by atoms with E-state index in [1.165, 1.54) is 12.1 Å². The number of hydrogen-bond donors (Lipinski definition) is 3. The molecule has 4 aliphatic rings. The highest BCUT2D eigenvalue weighted by molar-refractivity contribution is 5.92. The van der Waals surface area contributed by atoms with Crippen LogP contribution in [0.2, 0.25) is 0 Å². The predicted molar refractivity (Wildman–Crippen MR) is 95.4 cm³/mol. The minimum Gasteiger partial charge on any atom is -0.393 e. The summed E-state index contributed by atoms with van der Waals surface area (Å²) in [5.74, 6) is 7.86. The quantitative estimate of drug-likeness (QED) is 0.470. The lowest BCUT2D eigenvalue weighted by Crippen LogP contribution is -2.66. The first-order valence-corrected chi connectivity index (χ1v) is 9.94. The maximum Gasteiger partial charge on any atom is 0.0753 e. The first kappa shape index (κ1) is 16.8. The van der Waals surface area contributed by atoms with Crippen LogP contribution in [0, 0.1) is 34.5 Å². The molecule has 0 aliphatic heterocycles. The van der Waals surface area contributed by atoms with Crippen molar-refractivity contribution in [1.82, 2.24) is 0 Å². The molecule has 8 atom stereocenters. The summed E-state index contributed by atoms with van der Waals surface area (Å²) in [6, 6.07) is 0. The zero-order chi connectivity index (χ0) is 17.3. The Morgan fingerprint density at radius 2 is 1.88 bits per heavy atom. The molecule has 0 heterocycles. The van der Waals surface area contributed by atoms with Gasteiger partial charge in [0.25, 0.3) is 0 Å². The van der Waals surface area contributed by atoms with Gasteiger partial charge in [-0.1, -0.05) is 20.8 Å². The van der Waals surface area contributed by atoms with Crippen molar-refractivity contribution in [2.45, 2.75) is 83.8 Å². The van der Waals surface area contributed by atoms with Gasteiger partial charge in [0.05, 0.1) is 11.7 Å². The highest BCUT2D eigenvalue weighted by atomic mass is 16.3. The Labute approximate surface area is 145 Å². The third-order valence-electron chi connectivity index (χ3n) is 9.13. The van der Waals surface area contributed by atoms with E-state index in [1.807, 2.05) is 0 Å². The molecule has 4 saturated carbocycles. The van der Waals surface area contributed by atoms with Crippen molar-refractivity contribution in [3.8, 4) is 0 Å². The second-order valence-electron chi connectivity index (χ2n) is 9.82. The van der Waals surface area contributed by atoms with Gasteiger partial charge in [-0.05, 0) is 74.0 Å². The second-order valence-corrected chi connectivity index (χ2v) is 9.82. The summed E-state index contributed by atoms with van der Waals surface area (Å²) in [7, 11) is 0. The molecule has 0 saturated heterocycles. The van der Waals surface area contributed by atoms with Crippen LogP contribution in [0.5, 0.6) is 0 Å². The first-order chi connectivity index (χ1) is 11.3. The van der Waals surface area contributed by atoms with Gasteiger partial charge in [-0.25, -0.2) is 0 Å². The van der Waals surface area contributed by atoms with E-state index in [-0.39, 0.29) is 22.9 Å². The lowest BCUT2D eigenvalue weighted by atomic mass is 9.41. The Morgan fingerprint density at radius 3 is 2.58 bits per heavy atom. The molecular formula is C20H34N2O2. The third kappa shape index (κ3) is 1.90. The number of fused-ring (bicyclic) bond motifs is 5. The smallest absolute Gasteiger partial charge is 0.0753 e. The van der Waals surface area contributed by atoms with Crippen molar-refractivity contribution < 1.29 is 10.2 Å². The molecule has 2 unspecified atom stereocenters. The van der Waals surface area contributed by atoms with Crippen molar-refractivity contribution >= 4 is 5.71 Å². The normalized spacial score (nSPS) is 58.9. The van der Waals surface area contributed by atoms with Crippen LogP contribution in [0.4, 0.5) is 0 Å². The van der Waals surface area contributed by atoms with Gasteiger partial charge in [0, 0.05) is 17.5 Å². The molecule has 4 N–H and O–H groups in total. The summed E-state index contributed by atoms with van der Waals surface area (Å²) in [5, 5.41) is 26.0. The molecule has 0 aromatic heterocycles. The zero-order valence-corrected chi connectivity index (χ0v) is 15.5. The maximum atomic E-state index is 11.6. The molecule has 4 aliphatic carbocycles. The minimum atomic E-state index is -0.705. The Bertz CT molecular complexity index is 564. The highest BCUT2D eigenvalue weighted by Gasteiger charge is 2.66. The van der Waals surface area contributed by atoms with Gasteiger partial charge in [-0.3, -0.25) is 0 Å². The molecule has 0 bridgehead atoms. The first-order valence-electron chi connectivity index (χ1n) is 9.94. The number of nitrogens with two attached hydrogens (primary N) is 1. The Kier molecular flexibility index (Phi) is 3.65. The molecular weight excluding hydrogens is 300 g/mol. The minimum absolute atomic E-state index is 0.0570. The predicted octanol–water partition coefficient (Wildman–Crippen LogP) is 3.07. The van der Waals surface area contributed by atoms with E-state index >= 15 is 0 Å². The van der Waals surface area contributed by atoms with Gasteiger partial charge in [-0.2, -0.15) is 5.10 Å². The molecule has 0 spiro atoms. The van der Waals surface area contributed by atoms with Crippen LogP contribution in [0.15, 0.2) is 5.10 Å². The number of hydrogen-bond acceptors (Lipinski definition) is 4. The number of hydrazone groups is 1. The number of aliphatic hydroxyl groups is 2. The van der Waals surface area contributed by atoms with Crippen molar-refractivity contribution in [2.75, 3.05) is 0 Å². The number of aliphatic hydroxyl groups excluding tert-OH is 1. The fraction of sp³-hybridized carbons (Fsp3) is 0.950. The zero-order valence-electron chi connectivity index (χ0n) is 15.5. The molecule has 4 nitrogen and oxygen atoms in total. The summed E-state index contributed by atoms with van der Waals surface area (Å²) in [4.78, 5) is 0. The summed E-state index contributed by atoms with van der Waals surface area (Å²) in [6.07, 6.45) is 7.68. The molecule has 0 aromatic rings. The van der Waals surface area contributed by atoms with E-state index in [2.05, 4.69) is 25.9 Å². The molecule has 0 radical (unpaired) electrons. The Hall–Kier alpha value is -0.610. The van der Waals surface area contributed by atoms with Gasteiger partial charge < -0.3 is 16.1 Å². The van der Waals surface area contributed by atoms with E-state index < -0.39 is 5.60 Å². The van der Waals surface area contributed by atoms with Crippen molar-refractivity contribution in [3.63, 3.8) is 0 Å². The molecule has 4 fully saturated rings.